The first-order valence-corrected chi connectivity index (χ1v) is 5.67. The van der Waals surface area contributed by atoms with Gasteiger partial charge in [-0.3, -0.25) is 0 Å². The van der Waals surface area contributed by atoms with Crippen molar-refractivity contribution in [3.05, 3.63) is 0 Å². The third kappa shape index (κ3) is 1.15. The van der Waals surface area contributed by atoms with Gasteiger partial charge in [-0.1, -0.05) is 0 Å². The van der Waals surface area contributed by atoms with Gasteiger partial charge in [0.15, 0.2) is 0 Å². The highest BCUT2D eigenvalue weighted by Gasteiger charge is 2.57. The SMILES string of the molecule is CN1CC2(CCCNC2)CC12CC2. The quantitative estimate of drug-likeness (QED) is 0.603. The molecule has 0 bridgehead atoms. The molecule has 74 valence electrons. The Balaban J connectivity index is 1.78. The number of hydrogen-bond acceptors (Lipinski definition) is 2. The van der Waals surface area contributed by atoms with Crippen LogP contribution in [0.2, 0.25) is 0 Å². The van der Waals surface area contributed by atoms with Gasteiger partial charge in [0.25, 0.3) is 0 Å². The minimum Gasteiger partial charge on any atom is -0.316 e. The molecule has 3 rings (SSSR count). The predicted octanol–water partition coefficient (Wildman–Crippen LogP) is 1.22. The lowest BCUT2D eigenvalue weighted by molar-refractivity contribution is 0.213. The molecule has 2 heteroatoms. The Morgan fingerprint density at radius 2 is 2.08 bits per heavy atom. The fraction of sp³-hybridized carbons (Fsp3) is 1.00. The molecule has 1 saturated carbocycles. The molecule has 0 amide bonds. The summed E-state index contributed by atoms with van der Waals surface area (Å²) in [6.07, 6.45) is 7.26. The second-order valence-corrected chi connectivity index (χ2v) is 5.54. The Bertz CT molecular complexity index is 214. The van der Waals surface area contributed by atoms with Crippen molar-refractivity contribution in [1.82, 2.24) is 10.2 Å². The zero-order chi connectivity index (χ0) is 8.94. The van der Waals surface area contributed by atoms with Crippen molar-refractivity contribution >= 4 is 0 Å². The van der Waals surface area contributed by atoms with Gasteiger partial charge < -0.3 is 10.2 Å². The van der Waals surface area contributed by atoms with Crippen molar-refractivity contribution in [2.24, 2.45) is 5.41 Å². The van der Waals surface area contributed by atoms with E-state index in [-0.39, 0.29) is 0 Å². The topological polar surface area (TPSA) is 15.3 Å². The van der Waals surface area contributed by atoms with Gasteiger partial charge >= 0.3 is 0 Å². The molecule has 0 aromatic carbocycles. The summed E-state index contributed by atoms with van der Waals surface area (Å²) in [7, 11) is 2.33. The Morgan fingerprint density at radius 3 is 2.62 bits per heavy atom. The Kier molecular flexibility index (Phi) is 1.58. The van der Waals surface area contributed by atoms with Gasteiger partial charge in [0, 0.05) is 18.6 Å². The fourth-order valence-corrected chi connectivity index (χ4v) is 3.58. The van der Waals surface area contributed by atoms with Crippen LogP contribution in [-0.2, 0) is 0 Å². The maximum atomic E-state index is 3.58. The Hall–Kier alpha value is -0.0800. The second-order valence-electron chi connectivity index (χ2n) is 5.54. The molecule has 13 heavy (non-hydrogen) atoms. The highest BCUT2D eigenvalue weighted by molar-refractivity contribution is 5.13. The van der Waals surface area contributed by atoms with E-state index < -0.39 is 0 Å². The summed E-state index contributed by atoms with van der Waals surface area (Å²) in [4.78, 5) is 2.64. The number of likely N-dealkylation sites (tertiary alicyclic amines) is 1. The highest BCUT2D eigenvalue weighted by atomic mass is 15.2. The molecule has 2 aliphatic heterocycles. The molecule has 1 aliphatic carbocycles. The molecule has 3 aliphatic rings. The third-order valence-electron chi connectivity index (χ3n) is 4.47. The van der Waals surface area contributed by atoms with Crippen LogP contribution in [0.25, 0.3) is 0 Å². The van der Waals surface area contributed by atoms with Crippen molar-refractivity contribution in [3.8, 4) is 0 Å². The normalized spacial score (nSPS) is 43.2. The van der Waals surface area contributed by atoms with Crippen LogP contribution < -0.4 is 5.32 Å². The monoisotopic (exact) mass is 180 g/mol. The number of rotatable bonds is 0. The molecule has 3 fully saturated rings. The van der Waals surface area contributed by atoms with Crippen LogP contribution in [0.5, 0.6) is 0 Å². The summed E-state index contributed by atoms with van der Waals surface area (Å²) in [6, 6.07) is 0. The van der Waals surface area contributed by atoms with Crippen molar-refractivity contribution in [1.29, 1.82) is 0 Å². The summed E-state index contributed by atoms with van der Waals surface area (Å²) in [5.41, 5.74) is 1.32. The smallest absolute Gasteiger partial charge is 0.0214 e. The van der Waals surface area contributed by atoms with E-state index in [0.717, 1.165) is 0 Å². The standard InChI is InChI=1S/C11H20N2/c1-13-9-10(3-2-6-12-8-10)7-11(13)4-5-11/h12H,2-9H2,1H3. The largest absolute Gasteiger partial charge is 0.316 e. The van der Waals surface area contributed by atoms with Crippen molar-refractivity contribution in [2.45, 2.75) is 37.6 Å². The first kappa shape index (κ1) is 8.25. The van der Waals surface area contributed by atoms with Crippen LogP contribution >= 0.6 is 0 Å². The highest BCUT2D eigenvalue weighted by Crippen LogP contribution is 2.56. The van der Waals surface area contributed by atoms with E-state index >= 15 is 0 Å². The van der Waals surface area contributed by atoms with E-state index in [2.05, 4.69) is 17.3 Å². The van der Waals surface area contributed by atoms with Crippen LogP contribution in [0.4, 0.5) is 0 Å². The van der Waals surface area contributed by atoms with E-state index in [1.165, 1.54) is 51.7 Å². The van der Waals surface area contributed by atoms with Crippen LogP contribution in [0.3, 0.4) is 0 Å². The maximum absolute atomic E-state index is 3.58. The maximum Gasteiger partial charge on any atom is 0.0214 e. The lowest BCUT2D eigenvalue weighted by Crippen LogP contribution is -2.41. The van der Waals surface area contributed by atoms with E-state index in [0.29, 0.717) is 11.0 Å². The predicted molar refractivity (Wildman–Crippen MR) is 53.7 cm³/mol. The molecular weight excluding hydrogens is 160 g/mol. The van der Waals surface area contributed by atoms with Crippen LogP contribution in [0.15, 0.2) is 0 Å². The van der Waals surface area contributed by atoms with Crippen LogP contribution in [0.1, 0.15) is 32.1 Å². The van der Waals surface area contributed by atoms with E-state index in [9.17, 15) is 0 Å². The molecule has 1 atom stereocenters. The zero-order valence-corrected chi connectivity index (χ0v) is 8.60. The number of piperidine rings is 1. The van der Waals surface area contributed by atoms with E-state index in [4.69, 9.17) is 0 Å². The summed E-state index contributed by atoms with van der Waals surface area (Å²) in [6.45, 7) is 3.87. The lowest BCUT2D eigenvalue weighted by Gasteiger charge is -2.33. The molecule has 0 aromatic heterocycles. The summed E-state index contributed by atoms with van der Waals surface area (Å²) >= 11 is 0. The first-order chi connectivity index (χ1) is 6.25. The second kappa shape index (κ2) is 2.48. The Labute approximate surface area is 80.7 Å². The molecule has 2 spiro atoms. The molecule has 0 radical (unpaired) electrons. The van der Waals surface area contributed by atoms with Crippen LogP contribution in [-0.4, -0.2) is 37.1 Å². The van der Waals surface area contributed by atoms with Crippen molar-refractivity contribution in [3.63, 3.8) is 0 Å². The van der Waals surface area contributed by atoms with Crippen molar-refractivity contribution in [2.75, 3.05) is 26.7 Å². The number of hydrogen-bond donors (Lipinski definition) is 1. The van der Waals surface area contributed by atoms with Gasteiger partial charge in [0.1, 0.15) is 0 Å². The average Bonchev–Trinajstić information content (AvgIpc) is 2.81. The third-order valence-corrected chi connectivity index (χ3v) is 4.47. The molecule has 2 saturated heterocycles. The van der Waals surface area contributed by atoms with Gasteiger partial charge in [-0.05, 0) is 51.1 Å². The molecule has 1 unspecified atom stereocenters. The molecule has 2 heterocycles. The van der Waals surface area contributed by atoms with Gasteiger partial charge in [0.05, 0.1) is 0 Å². The van der Waals surface area contributed by atoms with Gasteiger partial charge in [-0.25, -0.2) is 0 Å². The zero-order valence-electron chi connectivity index (χ0n) is 8.60. The minimum absolute atomic E-state index is 0.656. The van der Waals surface area contributed by atoms with Crippen LogP contribution in [0, 0.1) is 5.41 Å². The number of nitrogens with one attached hydrogen (secondary N) is 1. The van der Waals surface area contributed by atoms with Gasteiger partial charge in [-0.15, -0.1) is 0 Å². The molecule has 1 N–H and O–H groups in total. The molecule has 2 nitrogen and oxygen atoms in total. The molecule has 0 aromatic rings. The average molecular weight is 180 g/mol. The molecular formula is C11H20N2. The summed E-state index contributed by atoms with van der Waals surface area (Å²) < 4.78 is 0. The van der Waals surface area contributed by atoms with Gasteiger partial charge in [-0.2, -0.15) is 0 Å². The number of nitrogens with zero attached hydrogens (tertiary/aromatic N) is 1. The minimum atomic E-state index is 0.656. The van der Waals surface area contributed by atoms with E-state index in [1.807, 2.05) is 0 Å². The first-order valence-electron chi connectivity index (χ1n) is 5.67. The van der Waals surface area contributed by atoms with Crippen molar-refractivity contribution < 1.29 is 0 Å². The van der Waals surface area contributed by atoms with Gasteiger partial charge in [0.2, 0.25) is 0 Å². The fourth-order valence-electron chi connectivity index (χ4n) is 3.58. The summed E-state index contributed by atoms with van der Waals surface area (Å²) in [5.74, 6) is 0. The lowest BCUT2D eigenvalue weighted by atomic mass is 9.78. The Morgan fingerprint density at radius 1 is 1.23 bits per heavy atom. The van der Waals surface area contributed by atoms with E-state index in [1.54, 1.807) is 0 Å². The summed E-state index contributed by atoms with van der Waals surface area (Å²) in [5, 5.41) is 3.58.